The molecule has 2 rings (SSSR count). The zero-order chi connectivity index (χ0) is 8.82. The van der Waals surface area contributed by atoms with E-state index in [9.17, 15) is 4.79 Å². The molecule has 0 aromatic heterocycles. The number of fused-ring (bicyclic) bond motifs is 2. The molecule has 0 saturated carbocycles. The Bertz CT molecular complexity index is 224. The topological polar surface area (TPSA) is 26.3 Å². The Morgan fingerprint density at radius 3 is 2.58 bits per heavy atom. The van der Waals surface area contributed by atoms with Gasteiger partial charge in [-0.2, -0.15) is 0 Å². The molecule has 2 bridgehead atoms. The van der Waals surface area contributed by atoms with E-state index in [0.717, 1.165) is 19.3 Å². The van der Waals surface area contributed by atoms with E-state index in [0.29, 0.717) is 18.6 Å². The summed E-state index contributed by atoms with van der Waals surface area (Å²) in [6.07, 6.45) is 4.43. The predicted molar refractivity (Wildman–Crippen MR) is 46.0 cm³/mol. The molecule has 2 nitrogen and oxygen atoms in total. The van der Waals surface area contributed by atoms with Gasteiger partial charge in [-0.1, -0.05) is 0 Å². The van der Waals surface area contributed by atoms with Crippen LogP contribution in [0.2, 0.25) is 0 Å². The number of carbonyl (C=O) groups excluding carboxylic acids is 1. The van der Waals surface area contributed by atoms with Gasteiger partial charge >= 0.3 is 0 Å². The van der Waals surface area contributed by atoms with Crippen molar-refractivity contribution in [1.29, 1.82) is 0 Å². The first-order valence-electron chi connectivity index (χ1n) is 4.73. The van der Waals surface area contributed by atoms with Gasteiger partial charge in [0.15, 0.2) is 0 Å². The molecule has 0 aromatic carbocycles. The van der Waals surface area contributed by atoms with Crippen LogP contribution in [0.3, 0.4) is 0 Å². The summed E-state index contributed by atoms with van der Waals surface area (Å²) >= 11 is 0. The quantitative estimate of drug-likeness (QED) is 0.553. The third-order valence-corrected chi connectivity index (χ3v) is 3.18. The maximum atomic E-state index is 11.3. The highest BCUT2D eigenvalue weighted by molar-refractivity contribution is 5.80. The third-order valence-electron chi connectivity index (χ3n) is 3.18. The highest BCUT2D eigenvalue weighted by Crippen LogP contribution is 2.44. The molecule has 2 fully saturated rings. The number of hydrogen-bond acceptors (Lipinski definition) is 2. The van der Waals surface area contributed by atoms with Crippen LogP contribution in [0, 0.1) is 0 Å². The van der Waals surface area contributed by atoms with Crippen LogP contribution in [0.1, 0.15) is 46.0 Å². The molecule has 0 aliphatic carbocycles. The molecule has 2 heteroatoms. The van der Waals surface area contributed by atoms with E-state index in [1.807, 2.05) is 0 Å². The SMILES string of the molecule is CC12CCC(=O)CC(C)(CC1)O2. The van der Waals surface area contributed by atoms with E-state index in [1.165, 1.54) is 0 Å². The minimum Gasteiger partial charge on any atom is -0.369 e. The minimum atomic E-state index is -0.137. The van der Waals surface area contributed by atoms with Crippen molar-refractivity contribution in [3.05, 3.63) is 0 Å². The monoisotopic (exact) mass is 168 g/mol. The largest absolute Gasteiger partial charge is 0.369 e. The number of ether oxygens (including phenoxy) is 1. The Hall–Kier alpha value is -0.370. The highest BCUT2D eigenvalue weighted by Gasteiger charge is 2.46. The van der Waals surface area contributed by atoms with Gasteiger partial charge in [0.25, 0.3) is 0 Å². The van der Waals surface area contributed by atoms with Gasteiger partial charge in [0.2, 0.25) is 0 Å². The fraction of sp³-hybridized carbons (Fsp3) is 0.900. The fourth-order valence-corrected chi connectivity index (χ4v) is 2.44. The summed E-state index contributed by atoms with van der Waals surface area (Å²) in [5, 5.41) is 0. The highest BCUT2D eigenvalue weighted by atomic mass is 16.5. The van der Waals surface area contributed by atoms with E-state index >= 15 is 0 Å². The number of carbonyl (C=O) groups is 1. The van der Waals surface area contributed by atoms with Gasteiger partial charge in [0, 0.05) is 12.8 Å². The number of rotatable bonds is 0. The van der Waals surface area contributed by atoms with Crippen molar-refractivity contribution in [1.82, 2.24) is 0 Å². The van der Waals surface area contributed by atoms with Crippen LogP contribution < -0.4 is 0 Å². The first kappa shape index (κ1) is 8.24. The molecule has 68 valence electrons. The van der Waals surface area contributed by atoms with E-state index in [2.05, 4.69) is 13.8 Å². The average Bonchev–Trinajstić information content (AvgIpc) is 2.18. The average molecular weight is 168 g/mol. The molecule has 0 N–H and O–H groups in total. The lowest BCUT2D eigenvalue weighted by Gasteiger charge is -2.26. The van der Waals surface area contributed by atoms with Crippen LogP contribution in [0.4, 0.5) is 0 Å². The van der Waals surface area contributed by atoms with Crippen molar-refractivity contribution in [2.24, 2.45) is 0 Å². The predicted octanol–water partition coefficient (Wildman–Crippen LogP) is 2.07. The van der Waals surface area contributed by atoms with Crippen LogP contribution >= 0.6 is 0 Å². The van der Waals surface area contributed by atoms with Crippen molar-refractivity contribution < 1.29 is 9.53 Å². The van der Waals surface area contributed by atoms with Gasteiger partial charge in [-0.25, -0.2) is 0 Å². The molecule has 2 aliphatic rings. The van der Waals surface area contributed by atoms with Gasteiger partial charge in [-0.3, -0.25) is 4.79 Å². The number of ketones is 1. The second-order valence-corrected chi connectivity index (χ2v) is 4.72. The van der Waals surface area contributed by atoms with Crippen molar-refractivity contribution >= 4 is 5.78 Å². The van der Waals surface area contributed by atoms with Gasteiger partial charge in [-0.05, 0) is 33.1 Å². The Labute approximate surface area is 73.3 Å². The molecule has 0 spiro atoms. The molecule has 12 heavy (non-hydrogen) atoms. The first-order chi connectivity index (χ1) is 5.52. The number of hydrogen-bond donors (Lipinski definition) is 0. The molecule has 0 aromatic rings. The van der Waals surface area contributed by atoms with Crippen molar-refractivity contribution in [3.63, 3.8) is 0 Å². The normalized spacial score (nSPS) is 47.7. The summed E-state index contributed by atoms with van der Waals surface area (Å²) in [6.45, 7) is 4.21. The zero-order valence-corrected chi connectivity index (χ0v) is 7.85. The van der Waals surface area contributed by atoms with Gasteiger partial charge in [0.1, 0.15) is 5.78 Å². The van der Waals surface area contributed by atoms with Crippen LogP contribution in [0.15, 0.2) is 0 Å². The lowest BCUT2D eigenvalue weighted by Crippen LogP contribution is -2.29. The van der Waals surface area contributed by atoms with Crippen molar-refractivity contribution in [3.8, 4) is 0 Å². The molecular weight excluding hydrogens is 152 g/mol. The molecule has 0 radical (unpaired) electrons. The van der Waals surface area contributed by atoms with Crippen LogP contribution in [-0.2, 0) is 9.53 Å². The standard InChI is InChI=1S/C10H16O2/c1-9-4-3-8(11)7-10(2,12-9)6-5-9/h3-7H2,1-2H3. The molecule has 0 amide bonds. The van der Waals surface area contributed by atoms with Crippen LogP contribution in [0.5, 0.6) is 0 Å². The molecule has 2 atom stereocenters. The summed E-state index contributed by atoms with van der Waals surface area (Å²) < 4.78 is 5.95. The Kier molecular flexibility index (Phi) is 1.59. The summed E-state index contributed by atoms with van der Waals surface area (Å²) in [5.74, 6) is 0.376. The molecule has 2 heterocycles. The van der Waals surface area contributed by atoms with Crippen molar-refractivity contribution in [2.45, 2.75) is 57.2 Å². The minimum absolute atomic E-state index is 0.000903. The zero-order valence-electron chi connectivity index (χ0n) is 7.85. The third kappa shape index (κ3) is 1.28. The van der Waals surface area contributed by atoms with Gasteiger partial charge < -0.3 is 4.74 Å². The summed E-state index contributed by atoms with van der Waals surface area (Å²) in [7, 11) is 0. The molecule has 2 unspecified atom stereocenters. The molecule has 2 saturated heterocycles. The lowest BCUT2D eigenvalue weighted by molar-refractivity contribution is -0.123. The maximum absolute atomic E-state index is 11.3. The lowest BCUT2D eigenvalue weighted by atomic mass is 9.87. The Morgan fingerprint density at radius 2 is 1.83 bits per heavy atom. The summed E-state index contributed by atoms with van der Waals surface area (Å²) in [6, 6.07) is 0. The molecular formula is C10H16O2. The Morgan fingerprint density at radius 1 is 1.17 bits per heavy atom. The number of Topliss-reactive ketones (excluding diaryl/α,β-unsaturated/α-hetero) is 1. The smallest absolute Gasteiger partial charge is 0.135 e. The van der Waals surface area contributed by atoms with Crippen LogP contribution in [-0.4, -0.2) is 17.0 Å². The van der Waals surface area contributed by atoms with Gasteiger partial charge in [0.05, 0.1) is 11.2 Å². The second kappa shape index (κ2) is 2.32. The van der Waals surface area contributed by atoms with E-state index in [1.54, 1.807) is 0 Å². The van der Waals surface area contributed by atoms with E-state index in [-0.39, 0.29) is 11.2 Å². The maximum Gasteiger partial charge on any atom is 0.135 e. The fourth-order valence-electron chi connectivity index (χ4n) is 2.44. The first-order valence-corrected chi connectivity index (χ1v) is 4.73. The second-order valence-electron chi connectivity index (χ2n) is 4.72. The molecule has 2 aliphatic heterocycles. The van der Waals surface area contributed by atoms with Crippen LogP contribution in [0.25, 0.3) is 0 Å². The Balaban J connectivity index is 2.24. The van der Waals surface area contributed by atoms with Crippen molar-refractivity contribution in [2.75, 3.05) is 0 Å². The van der Waals surface area contributed by atoms with E-state index < -0.39 is 0 Å². The van der Waals surface area contributed by atoms with E-state index in [4.69, 9.17) is 4.74 Å². The van der Waals surface area contributed by atoms with Gasteiger partial charge in [-0.15, -0.1) is 0 Å². The summed E-state index contributed by atoms with van der Waals surface area (Å²) in [5.41, 5.74) is -0.136. The summed E-state index contributed by atoms with van der Waals surface area (Å²) in [4.78, 5) is 11.3.